The first kappa shape index (κ1) is 58.6. The van der Waals surface area contributed by atoms with Crippen LogP contribution < -0.4 is 10.6 Å². The van der Waals surface area contributed by atoms with Gasteiger partial charge < -0.3 is 20.1 Å². The van der Waals surface area contributed by atoms with Crippen LogP contribution in [0.3, 0.4) is 0 Å². The van der Waals surface area contributed by atoms with E-state index in [1.807, 2.05) is 97.1 Å². The lowest BCUT2D eigenvalue weighted by Crippen LogP contribution is -2.62. The molecule has 6 rings (SSSR count). The van der Waals surface area contributed by atoms with Crippen LogP contribution in [0.15, 0.2) is 118 Å². The van der Waals surface area contributed by atoms with E-state index in [0.29, 0.717) is 28.4 Å². The Hall–Kier alpha value is -5.64. The van der Waals surface area contributed by atoms with Gasteiger partial charge in [-0.1, -0.05) is 267 Å². The molecule has 10 nitrogen and oxygen atoms in total. The fourth-order valence-electron chi connectivity index (χ4n) is 10.4. The molecule has 1 heterocycles. The highest BCUT2D eigenvalue weighted by molar-refractivity contribution is 6.19. The third-order valence-electron chi connectivity index (χ3n) is 14.9. The van der Waals surface area contributed by atoms with Crippen LogP contribution in [0.5, 0.6) is 0 Å². The van der Waals surface area contributed by atoms with Crippen molar-refractivity contribution in [3.63, 3.8) is 0 Å². The second-order valence-corrected chi connectivity index (χ2v) is 21.1. The summed E-state index contributed by atoms with van der Waals surface area (Å²) in [5.74, 6) is -1.44. The normalized spacial score (nSPS) is 12.9. The van der Waals surface area contributed by atoms with Gasteiger partial charge in [0.2, 0.25) is 0 Å². The molecule has 0 saturated carbocycles. The van der Waals surface area contributed by atoms with Gasteiger partial charge in [0.1, 0.15) is 5.69 Å². The van der Waals surface area contributed by atoms with Crippen LogP contribution >= 0.6 is 0 Å². The van der Waals surface area contributed by atoms with Crippen LogP contribution in [0, 0.1) is 0 Å². The zero-order valence-electron chi connectivity index (χ0n) is 46.2. The molecule has 2 N–H and O–H groups in total. The molecule has 1 aliphatic heterocycles. The van der Waals surface area contributed by atoms with Gasteiger partial charge >= 0.3 is 17.6 Å². The Labute approximate surface area is 451 Å². The number of carbonyl (C=O) groups is 2. The Kier molecular flexibility index (Phi) is 27.2. The standard InChI is InChI=1S/C65H92N6O4/c1-3-5-7-9-11-13-15-17-19-21-23-25-27-29-31-38-51-74-63(72)65(64(73)75-52-39-32-30-28-26-24-22-20-18-16-14-12-10-8-6-4-2)66-59-46-40-41-53-47-48-60(62(67-65)61(53)59)71-70-58-50-49-57(55-44-36-37-45-56(55)58)69-68-54-42-34-33-35-43-54/h33-37,40-50,66-67H,3-32,38-39,51-52H2,1-2H3/b69-68+,71-70+. The molecule has 5 aromatic rings. The van der Waals surface area contributed by atoms with E-state index >= 15 is 0 Å². The Morgan fingerprint density at radius 1 is 0.387 bits per heavy atom. The van der Waals surface area contributed by atoms with Gasteiger partial charge in [-0.05, 0) is 54.6 Å². The highest BCUT2D eigenvalue weighted by Crippen LogP contribution is 2.45. The van der Waals surface area contributed by atoms with Crippen molar-refractivity contribution in [1.82, 2.24) is 0 Å². The van der Waals surface area contributed by atoms with Crippen LogP contribution in [0.2, 0.25) is 0 Å². The molecule has 406 valence electrons. The van der Waals surface area contributed by atoms with Gasteiger partial charge in [0, 0.05) is 21.8 Å². The van der Waals surface area contributed by atoms with Crippen molar-refractivity contribution < 1.29 is 19.1 Å². The third-order valence-corrected chi connectivity index (χ3v) is 14.9. The summed E-state index contributed by atoms with van der Waals surface area (Å²) in [6.07, 6.45) is 40.3. The largest absolute Gasteiger partial charge is 0.462 e. The van der Waals surface area contributed by atoms with Crippen molar-refractivity contribution in [2.45, 2.75) is 225 Å². The molecule has 0 spiro atoms. The molecule has 0 unspecified atom stereocenters. The van der Waals surface area contributed by atoms with E-state index in [9.17, 15) is 9.59 Å². The predicted octanol–water partition coefficient (Wildman–Crippen LogP) is 21.0. The second kappa shape index (κ2) is 34.8. The average Bonchev–Trinajstić information content (AvgIpc) is 3.45. The van der Waals surface area contributed by atoms with Crippen molar-refractivity contribution in [2.75, 3.05) is 23.8 Å². The average molecular weight is 1020 g/mol. The summed E-state index contributed by atoms with van der Waals surface area (Å²) in [6.45, 7) is 4.97. The number of anilines is 2. The summed E-state index contributed by atoms with van der Waals surface area (Å²) in [7, 11) is 0. The monoisotopic (exact) mass is 1020 g/mol. The molecule has 0 radical (unpaired) electrons. The zero-order chi connectivity index (χ0) is 52.4. The minimum atomic E-state index is -2.03. The Balaban J connectivity index is 1.05. The molecule has 10 heteroatoms. The van der Waals surface area contributed by atoms with E-state index in [-0.39, 0.29) is 13.2 Å². The number of fused-ring (bicyclic) bond motifs is 1. The van der Waals surface area contributed by atoms with Crippen LogP contribution in [0.25, 0.3) is 21.5 Å². The molecular formula is C65H92N6O4. The fraction of sp³-hybridized carbons (Fsp3) is 0.569. The van der Waals surface area contributed by atoms with E-state index < -0.39 is 17.6 Å². The van der Waals surface area contributed by atoms with Crippen molar-refractivity contribution >= 4 is 67.6 Å². The minimum absolute atomic E-state index is 0.210. The van der Waals surface area contributed by atoms with Crippen LogP contribution in [-0.2, 0) is 19.1 Å². The summed E-state index contributed by atoms with van der Waals surface area (Å²) in [6, 6.07) is 31.0. The molecule has 0 aromatic heterocycles. The van der Waals surface area contributed by atoms with Gasteiger partial charge in [-0.15, -0.1) is 15.3 Å². The lowest BCUT2D eigenvalue weighted by molar-refractivity contribution is -0.161. The van der Waals surface area contributed by atoms with E-state index in [2.05, 4.69) is 34.7 Å². The van der Waals surface area contributed by atoms with Crippen LogP contribution in [-0.4, -0.2) is 30.8 Å². The second-order valence-electron chi connectivity index (χ2n) is 21.1. The van der Waals surface area contributed by atoms with Crippen LogP contribution in [0.4, 0.5) is 34.1 Å². The van der Waals surface area contributed by atoms with Gasteiger partial charge in [0.15, 0.2) is 0 Å². The number of rotatable bonds is 40. The number of nitrogens with one attached hydrogen (secondary N) is 2. The quantitative estimate of drug-likeness (QED) is 0.0174. The molecular weight excluding hydrogens is 929 g/mol. The molecule has 1 aliphatic rings. The van der Waals surface area contributed by atoms with E-state index in [4.69, 9.17) is 19.7 Å². The van der Waals surface area contributed by atoms with E-state index in [1.165, 1.54) is 167 Å². The van der Waals surface area contributed by atoms with Crippen molar-refractivity contribution in [2.24, 2.45) is 20.5 Å². The first-order valence-corrected chi connectivity index (χ1v) is 29.9. The Bertz CT molecular complexity index is 2420. The maximum Gasteiger partial charge on any atom is 0.365 e. The predicted molar refractivity (Wildman–Crippen MR) is 314 cm³/mol. The molecule has 75 heavy (non-hydrogen) atoms. The summed E-state index contributed by atoms with van der Waals surface area (Å²) in [5.41, 5.74) is 1.66. The van der Waals surface area contributed by atoms with Crippen LogP contribution in [0.1, 0.15) is 219 Å². The maximum atomic E-state index is 14.5. The smallest absolute Gasteiger partial charge is 0.365 e. The number of carbonyl (C=O) groups excluding carboxylic acids is 2. The zero-order valence-corrected chi connectivity index (χ0v) is 46.2. The lowest BCUT2D eigenvalue weighted by atomic mass is 9.98. The highest BCUT2D eigenvalue weighted by atomic mass is 16.6. The Morgan fingerprint density at radius 2 is 0.773 bits per heavy atom. The summed E-state index contributed by atoms with van der Waals surface area (Å²) in [5, 5.41) is 28.7. The number of unbranched alkanes of at least 4 members (excludes halogenated alkanes) is 30. The molecule has 0 aliphatic carbocycles. The SMILES string of the molecule is CCCCCCCCCCCCCCCCCCOC(=O)C1(C(=O)OCCCCCCCCCCCCCCCCCC)Nc2cccc3ccc(/N=N/c4ccc(/N=N/c5ccccc5)c5ccccc45)c(c23)N1. The van der Waals surface area contributed by atoms with Gasteiger partial charge in [0.05, 0.1) is 36.0 Å². The number of azo groups is 2. The molecule has 0 atom stereocenters. The third kappa shape index (κ3) is 19.8. The van der Waals surface area contributed by atoms with Crippen molar-refractivity contribution in [3.05, 3.63) is 97.1 Å². The van der Waals surface area contributed by atoms with E-state index in [1.54, 1.807) is 0 Å². The van der Waals surface area contributed by atoms with Gasteiger partial charge in [-0.2, -0.15) is 5.11 Å². The Morgan fingerprint density at radius 3 is 1.23 bits per heavy atom. The summed E-state index contributed by atoms with van der Waals surface area (Å²) in [4.78, 5) is 29.1. The van der Waals surface area contributed by atoms with Gasteiger partial charge in [-0.3, -0.25) is 0 Å². The van der Waals surface area contributed by atoms with Crippen molar-refractivity contribution in [1.29, 1.82) is 0 Å². The number of benzene rings is 5. The lowest BCUT2D eigenvalue weighted by Gasteiger charge is -2.37. The molecule has 0 amide bonds. The molecule has 0 saturated heterocycles. The van der Waals surface area contributed by atoms with Gasteiger partial charge in [-0.25, -0.2) is 9.59 Å². The topological polar surface area (TPSA) is 126 Å². The minimum Gasteiger partial charge on any atom is -0.462 e. The number of ether oxygens (including phenoxy) is 2. The van der Waals surface area contributed by atoms with Gasteiger partial charge in [0.25, 0.3) is 0 Å². The first-order valence-electron chi connectivity index (χ1n) is 29.9. The first-order chi connectivity index (χ1) is 37.0. The number of esters is 2. The van der Waals surface area contributed by atoms with Crippen molar-refractivity contribution in [3.8, 4) is 0 Å². The summed E-state index contributed by atoms with van der Waals surface area (Å²) < 4.78 is 12.0. The molecule has 0 fully saturated rings. The molecule has 5 aromatic carbocycles. The number of nitrogens with zero attached hydrogens (tertiary/aromatic N) is 4. The maximum absolute atomic E-state index is 14.5. The number of hydrogen-bond acceptors (Lipinski definition) is 10. The number of hydrogen-bond donors (Lipinski definition) is 2. The summed E-state index contributed by atoms with van der Waals surface area (Å²) >= 11 is 0. The molecule has 0 bridgehead atoms. The highest BCUT2D eigenvalue weighted by Gasteiger charge is 2.52. The fourth-order valence-corrected chi connectivity index (χ4v) is 10.4. The van der Waals surface area contributed by atoms with E-state index in [0.717, 1.165) is 65.8 Å².